The summed E-state index contributed by atoms with van der Waals surface area (Å²) in [6, 6.07) is 8.17. The van der Waals surface area contributed by atoms with Gasteiger partial charge in [-0.05, 0) is 43.4 Å². The van der Waals surface area contributed by atoms with Crippen LogP contribution in [-0.4, -0.2) is 23.9 Å². The lowest BCUT2D eigenvalue weighted by Gasteiger charge is -2.25. The molecule has 3 heteroatoms. The largest absolute Gasteiger partial charge is 0.342 e. The topological polar surface area (TPSA) is 20.3 Å². The van der Waals surface area contributed by atoms with Crippen LogP contribution in [0.3, 0.4) is 0 Å². The van der Waals surface area contributed by atoms with Gasteiger partial charge in [-0.2, -0.15) is 0 Å². The van der Waals surface area contributed by atoms with Gasteiger partial charge in [0.25, 0.3) is 0 Å². The smallest absolute Gasteiger partial charge is 0.226 e. The lowest BCUT2D eigenvalue weighted by molar-refractivity contribution is -0.131. The summed E-state index contributed by atoms with van der Waals surface area (Å²) in [5.74, 6) is 0.931. The molecular formula is C14H19NOS. The van der Waals surface area contributed by atoms with Gasteiger partial charge in [-0.25, -0.2) is 0 Å². The van der Waals surface area contributed by atoms with Crippen molar-refractivity contribution in [3.63, 3.8) is 0 Å². The van der Waals surface area contributed by atoms with Crippen LogP contribution in [0.15, 0.2) is 29.2 Å². The van der Waals surface area contributed by atoms with E-state index in [-0.39, 0.29) is 5.91 Å². The highest BCUT2D eigenvalue weighted by molar-refractivity contribution is 7.80. The highest BCUT2D eigenvalue weighted by atomic mass is 32.1. The van der Waals surface area contributed by atoms with Gasteiger partial charge in [-0.3, -0.25) is 4.79 Å². The average Bonchev–Trinajstić information content (AvgIpc) is 3.14. The molecule has 1 aliphatic rings. The molecule has 0 radical (unpaired) electrons. The summed E-state index contributed by atoms with van der Waals surface area (Å²) in [4.78, 5) is 14.9. The van der Waals surface area contributed by atoms with Gasteiger partial charge in [0.05, 0.1) is 6.42 Å². The number of rotatable bonds is 4. The van der Waals surface area contributed by atoms with Crippen molar-refractivity contribution >= 4 is 18.5 Å². The molecular weight excluding hydrogens is 230 g/mol. The second kappa shape index (κ2) is 5.13. The number of hydrogen-bond acceptors (Lipinski definition) is 2. The Morgan fingerprint density at radius 3 is 2.53 bits per heavy atom. The van der Waals surface area contributed by atoms with Crippen molar-refractivity contribution in [3.05, 3.63) is 29.8 Å². The van der Waals surface area contributed by atoms with Crippen LogP contribution in [0.4, 0.5) is 0 Å². The number of carbonyl (C=O) groups is 1. The standard InChI is InChI=1S/C14H19NOS/c1-10(12-5-6-12)15(2)14(16)9-11-3-7-13(17)8-4-11/h3-4,7-8,10,12,17H,5-6,9H2,1-2H3. The molecule has 2 rings (SSSR count). The third-order valence-electron chi connectivity index (χ3n) is 3.60. The van der Waals surface area contributed by atoms with Crippen molar-refractivity contribution in [1.29, 1.82) is 0 Å². The molecule has 0 N–H and O–H groups in total. The second-order valence-electron chi connectivity index (χ2n) is 4.93. The summed E-state index contributed by atoms with van der Waals surface area (Å²) in [5.41, 5.74) is 1.06. The van der Waals surface area contributed by atoms with Gasteiger partial charge in [0.2, 0.25) is 5.91 Å². The van der Waals surface area contributed by atoms with Crippen LogP contribution in [0.5, 0.6) is 0 Å². The first-order valence-corrected chi connectivity index (χ1v) is 6.56. The Morgan fingerprint density at radius 2 is 2.00 bits per heavy atom. The third kappa shape index (κ3) is 3.25. The van der Waals surface area contributed by atoms with Crippen molar-refractivity contribution < 1.29 is 4.79 Å². The van der Waals surface area contributed by atoms with Crippen molar-refractivity contribution in [1.82, 2.24) is 4.90 Å². The Morgan fingerprint density at radius 1 is 1.41 bits per heavy atom. The number of nitrogens with zero attached hydrogens (tertiary/aromatic N) is 1. The van der Waals surface area contributed by atoms with Crippen LogP contribution >= 0.6 is 12.6 Å². The molecule has 2 nitrogen and oxygen atoms in total. The van der Waals surface area contributed by atoms with Crippen molar-refractivity contribution in [3.8, 4) is 0 Å². The molecule has 1 atom stereocenters. The predicted molar refractivity (Wildman–Crippen MR) is 72.4 cm³/mol. The highest BCUT2D eigenvalue weighted by Crippen LogP contribution is 2.34. The minimum absolute atomic E-state index is 0.205. The van der Waals surface area contributed by atoms with Gasteiger partial charge in [0, 0.05) is 18.0 Å². The molecule has 1 aliphatic carbocycles. The Hall–Kier alpha value is -0.960. The Labute approximate surface area is 108 Å². The maximum Gasteiger partial charge on any atom is 0.226 e. The third-order valence-corrected chi connectivity index (χ3v) is 3.90. The van der Waals surface area contributed by atoms with Crippen molar-refractivity contribution in [2.75, 3.05) is 7.05 Å². The van der Waals surface area contributed by atoms with Crippen molar-refractivity contribution in [2.45, 2.75) is 37.1 Å². The first kappa shape index (κ1) is 12.5. The minimum atomic E-state index is 0.205. The Balaban J connectivity index is 1.93. The summed E-state index contributed by atoms with van der Waals surface area (Å²) in [6.07, 6.45) is 3.03. The minimum Gasteiger partial charge on any atom is -0.342 e. The normalized spacial score (nSPS) is 16.6. The van der Waals surface area contributed by atoms with Gasteiger partial charge < -0.3 is 4.90 Å². The van der Waals surface area contributed by atoms with E-state index in [4.69, 9.17) is 0 Å². The van der Waals surface area contributed by atoms with Crippen LogP contribution in [0.2, 0.25) is 0 Å². The molecule has 0 saturated heterocycles. The first-order chi connectivity index (χ1) is 8.08. The summed E-state index contributed by atoms with van der Waals surface area (Å²) in [6.45, 7) is 2.15. The number of likely N-dealkylation sites (N-methyl/N-ethyl adjacent to an activating group) is 1. The van der Waals surface area contributed by atoms with Crippen LogP contribution in [0, 0.1) is 5.92 Å². The van der Waals surface area contributed by atoms with E-state index in [0.717, 1.165) is 16.4 Å². The molecule has 0 aromatic heterocycles. The van der Waals surface area contributed by atoms with E-state index in [1.54, 1.807) is 0 Å². The van der Waals surface area contributed by atoms with Gasteiger partial charge >= 0.3 is 0 Å². The molecule has 17 heavy (non-hydrogen) atoms. The molecule has 1 unspecified atom stereocenters. The fourth-order valence-electron chi connectivity index (χ4n) is 2.04. The van der Waals surface area contributed by atoms with Crippen molar-refractivity contribution in [2.24, 2.45) is 5.92 Å². The van der Waals surface area contributed by atoms with E-state index in [1.165, 1.54) is 12.8 Å². The molecule has 0 heterocycles. The molecule has 0 bridgehead atoms. The molecule has 0 spiro atoms. The number of amides is 1. The average molecular weight is 249 g/mol. The number of carbonyl (C=O) groups excluding carboxylic acids is 1. The monoisotopic (exact) mass is 249 g/mol. The van der Waals surface area contributed by atoms with Gasteiger partial charge in [0.15, 0.2) is 0 Å². The number of benzene rings is 1. The molecule has 0 aliphatic heterocycles. The van der Waals surface area contributed by atoms with Gasteiger partial charge in [0.1, 0.15) is 0 Å². The summed E-state index contributed by atoms with van der Waals surface area (Å²) >= 11 is 4.24. The van der Waals surface area contributed by atoms with Crippen LogP contribution in [0.1, 0.15) is 25.3 Å². The maximum atomic E-state index is 12.1. The molecule has 92 valence electrons. The summed E-state index contributed by atoms with van der Waals surface area (Å²) in [7, 11) is 1.91. The van der Waals surface area contributed by atoms with Gasteiger partial charge in [-0.1, -0.05) is 12.1 Å². The zero-order valence-corrected chi connectivity index (χ0v) is 11.3. The SMILES string of the molecule is CC(C1CC1)N(C)C(=O)Cc1ccc(S)cc1. The van der Waals surface area contributed by atoms with E-state index < -0.39 is 0 Å². The van der Waals surface area contributed by atoms with Crippen LogP contribution in [0.25, 0.3) is 0 Å². The Kier molecular flexibility index (Phi) is 3.77. The van der Waals surface area contributed by atoms with Gasteiger partial charge in [-0.15, -0.1) is 12.6 Å². The molecule has 1 saturated carbocycles. The highest BCUT2D eigenvalue weighted by Gasteiger charge is 2.32. The first-order valence-electron chi connectivity index (χ1n) is 6.11. The maximum absolute atomic E-state index is 12.1. The van der Waals surface area contributed by atoms with E-state index >= 15 is 0 Å². The van der Waals surface area contributed by atoms with E-state index in [1.807, 2.05) is 36.2 Å². The van der Waals surface area contributed by atoms with Crippen LogP contribution in [-0.2, 0) is 11.2 Å². The Bertz CT molecular complexity index is 397. The van der Waals surface area contributed by atoms with Crippen LogP contribution < -0.4 is 0 Å². The lowest BCUT2D eigenvalue weighted by atomic mass is 10.1. The molecule has 1 fully saturated rings. The zero-order chi connectivity index (χ0) is 12.4. The second-order valence-corrected chi connectivity index (χ2v) is 5.44. The zero-order valence-electron chi connectivity index (χ0n) is 10.4. The van der Waals surface area contributed by atoms with E-state index in [2.05, 4.69) is 19.6 Å². The fourth-order valence-corrected chi connectivity index (χ4v) is 2.18. The van der Waals surface area contributed by atoms with E-state index in [9.17, 15) is 4.79 Å². The molecule has 1 aromatic rings. The number of thiol groups is 1. The molecule has 1 amide bonds. The molecule has 1 aromatic carbocycles. The summed E-state index contributed by atoms with van der Waals surface area (Å²) in [5, 5.41) is 0. The van der Waals surface area contributed by atoms with E-state index in [0.29, 0.717) is 12.5 Å². The number of hydrogen-bond donors (Lipinski definition) is 1. The fraction of sp³-hybridized carbons (Fsp3) is 0.500. The summed E-state index contributed by atoms with van der Waals surface area (Å²) < 4.78 is 0. The lowest BCUT2D eigenvalue weighted by Crippen LogP contribution is -2.37. The predicted octanol–water partition coefficient (Wildman–Crippen LogP) is 2.77. The quantitative estimate of drug-likeness (QED) is 0.814.